The quantitative estimate of drug-likeness (QED) is 0.692. The van der Waals surface area contributed by atoms with Crippen LogP contribution in [0.4, 0.5) is 11.4 Å². The van der Waals surface area contributed by atoms with Crippen LogP contribution in [0.25, 0.3) is 0 Å². The number of anilines is 2. The van der Waals surface area contributed by atoms with E-state index in [0.717, 1.165) is 18.7 Å². The van der Waals surface area contributed by atoms with Crippen LogP contribution in [-0.2, 0) is 0 Å². The summed E-state index contributed by atoms with van der Waals surface area (Å²) in [6.07, 6.45) is 11.7. The fraction of sp³-hybridized carbons (Fsp3) is 0.300. The molecule has 2 aromatic rings. The van der Waals surface area contributed by atoms with Crippen molar-refractivity contribution in [3.63, 3.8) is 0 Å². The molecule has 0 radical (unpaired) electrons. The van der Waals surface area contributed by atoms with Crippen molar-refractivity contribution in [2.24, 2.45) is 0 Å². The van der Waals surface area contributed by atoms with Crippen molar-refractivity contribution in [3.05, 3.63) is 65.0 Å². The second-order valence-corrected chi connectivity index (χ2v) is 6.59. The monoisotopic (exact) mass is 355 g/mol. The Hall–Kier alpha value is -2.33. The number of halogens is 1. The second kappa shape index (κ2) is 8.67. The molecule has 0 saturated heterocycles. The van der Waals surface area contributed by atoms with Gasteiger partial charge in [-0.1, -0.05) is 35.4 Å². The lowest BCUT2D eigenvalue weighted by molar-refractivity contribution is 0.102. The summed E-state index contributed by atoms with van der Waals surface area (Å²) >= 11 is 6.08. The molecule has 3 rings (SSSR count). The summed E-state index contributed by atoms with van der Waals surface area (Å²) < 4.78 is 0. The Morgan fingerprint density at radius 2 is 2.08 bits per heavy atom. The van der Waals surface area contributed by atoms with E-state index >= 15 is 0 Å². The maximum absolute atomic E-state index is 12.4. The van der Waals surface area contributed by atoms with Gasteiger partial charge < -0.3 is 10.6 Å². The van der Waals surface area contributed by atoms with Crippen molar-refractivity contribution >= 4 is 28.9 Å². The zero-order valence-electron chi connectivity index (χ0n) is 14.1. The molecule has 1 aliphatic carbocycles. The molecule has 1 aromatic heterocycles. The van der Waals surface area contributed by atoms with E-state index in [-0.39, 0.29) is 5.91 Å². The molecule has 0 unspecified atom stereocenters. The Kier molecular flexibility index (Phi) is 6.07. The number of nitrogens with one attached hydrogen (secondary N) is 2. The van der Waals surface area contributed by atoms with Crippen molar-refractivity contribution in [1.29, 1.82) is 0 Å². The van der Waals surface area contributed by atoms with E-state index in [0.29, 0.717) is 16.3 Å². The zero-order valence-corrected chi connectivity index (χ0v) is 14.9. The van der Waals surface area contributed by atoms with Gasteiger partial charge in [-0.2, -0.15) is 0 Å². The summed E-state index contributed by atoms with van der Waals surface area (Å²) in [5, 5.41) is 6.68. The standard InChI is InChI=1S/C20H22ClN3O/c21-18-8-4-5-9-19(18)24-20(25)16-12-17(14-22-13-16)23-11-10-15-6-2-1-3-7-15/h4-6,8-9,12-14,23H,1-3,7,10-11H2,(H,24,25). The fourth-order valence-corrected chi connectivity index (χ4v) is 3.10. The predicted octanol–water partition coefficient (Wildman–Crippen LogP) is 5.29. The number of para-hydroxylation sites is 1. The minimum Gasteiger partial charge on any atom is -0.383 e. The highest BCUT2D eigenvalue weighted by Gasteiger charge is 2.10. The molecule has 0 aliphatic heterocycles. The molecule has 1 heterocycles. The maximum Gasteiger partial charge on any atom is 0.257 e. The summed E-state index contributed by atoms with van der Waals surface area (Å²) in [7, 11) is 0. The number of amides is 1. The topological polar surface area (TPSA) is 54.0 Å². The van der Waals surface area contributed by atoms with Gasteiger partial charge in [0.15, 0.2) is 0 Å². The predicted molar refractivity (Wildman–Crippen MR) is 103 cm³/mol. The minimum absolute atomic E-state index is 0.223. The molecular weight excluding hydrogens is 334 g/mol. The Balaban J connectivity index is 1.58. The van der Waals surface area contributed by atoms with Crippen LogP contribution < -0.4 is 10.6 Å². The summed E-state index contributed by atoms with van der Waals surface area (Å²) in [4.78, 5) is 16.6. The second-order valence-electron chi connectivity index (χ2n) is 6.18. The first-order valence-electron chi connectivity index (χ1n) is 8.65. The first kappa shape index (κ1) is 17.5. The van der Waals surface area contributed by atoms with Gasteiger partial charge in [-0.3, -0.25) is 9.78 Å². The first-order chi connectivity index (χ1) is 12.2. The normalized spacial score (nSPS) is 13.9. The van der Waals surface area contributed by atoms with Crippen molar-refractivity contribution < 1.29 is 4.79 Å². The number of hydrogen-bond donors (Lipinski definition) is 2. The van der Waals surface area contributed by atoms with Crippen molar-refractivity contribution in [2.45, 2.75) is 32.1 Å². The molecule has 25 heavy (non-hydrogen) atoms. The molecule has 5 heteroatoms. The molecule has 1 aromatic carbocycles. The van der Waals surface area contributed by atoms with Gasteiger partial charge in [0, 0.05) is 18.9 Å². The van der Waals surface area contributed by atoms with Crippen LogP contribution in [0.1, 0.15) is 42.5 Å². The number of pyridine rings is 1. The number of hydrogen-bond acceptors (Lipinski definition) is 3. The summed E-state index contributed by atoms with van der Waals surface area (Å²) in [6, 6.07) is 8.99. The first-order valence-corrected chi connectivity index (χ1v) is 9.03. The maximum atomic E-state index is 12.4. The minimum atomic E-state index is -0.223. The van der Waals surface area contributed by atoms with Crippen LogP contribution in [0.2, 0.25) is 5.02 Å². The number of nitrogens with zero attached hydrogens (tertiary/aromatic N) is 1. The van der Waals surface area contributed by atoms with Gasteiger partial charge in [0.2, 0.25) is 0 Å². The molecule has 2 N–H and O–H groups in total. The van der Waals surface area contributed by atoms with Gasteiger partial charge in [-0.15, -0.1) is 0 Å². The number of rotatable bonds is 6. The Bertz CT molecular complexity index is 773. The van der Waals surface area contributed by atoms with E-state index in [2.05, 4.69) is 21.7 Å². The van der Waals surface area contributed by atoms with Gasteiger partial charge >= 0.3 is 0 Å². The van der Waals surface area contributed by atoms with Gasteiger partial charge in [0.05, 0.1) is 22.0 Å². The van der Waals surface area contributed by atoms with Crippen LogP contribution in [0.15, 0.2) is 54.4 Å². The molecule has 1 amide bonds. The highest BCUT2D eigenvalue weighted by molar-refractivity contribution is 6.33. The zero-order chi connectivity index (χ0) is 17.5. The van der Waals surface area contributed by atoms with Gasteiger partial charge in [0.25, 0.3) is 5.91 Å². The SMILES string of the molecule is O=C(Nc1ccccc1Cl)c1cncc(NCCC2=CCCCC2)c1. The van der Waals surface area contributed by atoms with Crippen LogP contribution in [-0.4, -0.2) is 17.4 Å². The van der Waals surface area contributed by atoms with Crippen LogP contribution in [0.5, 0.6) is 0 Å². The fourth-order valence-electron chi connectivity index (χ4n) is 2.92. The molecule has 0 saturated carbocycles. The number of aromatic nitrogens is 1. The summed E-state index contributed by atoms with van der Waals surface area (Å²) in [6.45, 7) is 0.850. The highest BCUT2D eigenvalue weighted by Crippen LogP contribution is 2.22. The van der Waals surface area contributed by atoms with Crippen molar-refractivity contribution in [3.8, 4) is 0 Å². The average molecular weight is 356 g/mol. The van der Waals surface area contributed by atoms with E-state index in [1.165, 1.54) is 31.3 Å². The summed E-state index contributed by atoms with van der Waals surface area (Å²) in [5.41, 5.74) is 3.47. The van der Waals surface area contributed by atoms with Gasteiger partial charge in [-0.05, 0) is 50.3 Å². The molecule has 130 valence electrons. The molecular formula is C20H22ClN3O. The van der Waals surface area contributed by atoms with E-state index < -0.39 is 0 Å². The lowest BCUT2D eigenvalue weighted by atomic mass is 9.97. The lowest BCUT2D eigenvalue weighted by Gasteiger charge is -2.13. The molecule has 0 bridgehead atoms. The molecule has 0 fully saturated rings. The Morgan fingerprint density at radius 1 is 1.20 bits per heavy atom. The number of benzene rings is 1. The lowest BCUT2D eigenvalue weighted by Crippen LogP contribution is -2.13. The van der Waals surface area contributed by atoms with Crippen molar-refractivity contribution in [1.82, 2.24) is 4.98 Å². The molecule has 0 spiro atoms. The number of allylic oxidation sites excluding steroid dienone is 1. The third-order valence-electron chi connectivity index (χ3n) is 4.28. The Labute approximate surface area is 153 Å². The highest BCUT2D eigenvalue weighted by atomic mass is 35.5. The van der Waals surface area contributed by atoms with Gasteiger partial charge in [0.1, 0.15) is 0 Å². The third-order valence-corrected chi connectivity index (χ3v) is 4.61. The molecule has 4 nitrogen and oxygen atoms in total. The van der Waals surface area contributed by atoms with E-state index in [1.54, 1.807) is 24.5 Å². The number of carbonyl (C=O) groups is 1. The van der Waals surface area contributed by atoms with Gasteiger partial charge in [-0.25, -0.2) is 0 Å². The average Bonchev–Trinajstić information content (AvgIpc) is 2.65. The van der Waals surface area contributed by atoms with Crippen LogP contribution in [0.3, 0.4) is 0 Å². The molecule has 1 aliphatic rings. The van der Waals surface area contributed by atoms with E-state index in [1.807, 2.05) is 18.2 Å². The third kappa shape index (κ3) is 5.07. The Morgan fingerprint density at radius 3 is 2.88 bits per heavy atom. The largest absolute Gasteiger partial charge is 0.383 e. The van der Waals surface area contributed by atoms with E-state index in [9.17, 15) is 4.79 Å². The van der Waals surface area contributed by atoms with Crippen LogP contribution >= 0.6 is 11.6 Å². The smallest absolute Gasteiger partial charge is 0.257 e. The number of carbonyl (C=O) groups excluding carboxylic acids is 1. The summed E-state index contributed by atoms with van der Waals surface area (Å²) in [5.74, 6) is -0.223. The van der Waals surface area contributed by atoms with E-state index in [4.69, 9.17) is 11.6 Å². The van der Waals surface area contributed by atoms with Crippen LogP contribution in [0, 0.1) is 0 Å². The molecule has 0 atom stereocenters. The van der Waals surface area contributed by atoms with Crippen molar-refractivity contribution in [2.75, 3.05) is 17.2 Å².